The third kappa shape index (κ3) is 9.30. The zero-order valence-electron chi connectivity index (χ0n) is 29.2. The number of hydrogen-bond acceptors (Lipinski definition) is 10. The SMILES string of the molecule is CC(C)(CCI)OCCC(C)(C)Oc1cnc(-c2nc(C(=O)NCCO)cs2)c2[nH]cc(C(=O)C(=O)N3CCN(C(=O)c4ccccc4)CC3)c12. The molecule has 272 valence electrons. The molecule has 1 saturated heterocycles. The maximum atomic E-state index is 14.0. The number of aromatic amines is 1. The first-order chi connectivity index (χ1) is 24.3. The lowest BCUT2D eigenvalue weighted by atomic mass is 10.0. The molecule has 0 unspecified atom stereocenters. The molecule has 0 aliphatic carbocycles. The van der Waals surface area contributed by atoms with E-state index < -0.39 is 23.2 Å². The number of thiazole rings is 1. The highest BCUT2D eigenvalue weighted by atomic mass is 127. The molecule has 4 aromatic rings. The summed E-state index contributed by atoms with van der Waals surface area (Å²) in [5, 5.41) is 14.0. The number of aromatic nitrogens is 3. The minimum atomic E-state index is -0.737. The number of piperazine rings is 1. The van der Waals surface area contributed by atoms with E-state index in [1.807, 2.05) is 19.9 Å². The number of halogens is 1. The van der Waals surface area contributed by atoms with Crippen LogP contribution in [0.3, 0.4) is 0 Å². The van der Waals surface area contributed by atoms with Gasteiger partial charge in [-0.2, -0.15) is 0 Å². The molecule has 1 fully saturated rings. The van der Waals surface area contributed by atoms with Crippen LogP contribution in [0.15, 0.2) is 48.1 Å². The van der Waals surface area contributed by atoms with E-state index >= 15 is 0 Å². The van der Waals surface area contributed by atoms with Crippen LogP contribution in [0.1, 0.15) is 71.7 Å². The lowest BCUT2D eigenvalue weighted by Gasteiger charge is -2.34. The Morgan fingerprint density at radius 1 is 1.02 bits per heavy atom. The van der Waals surface area contributed by atoms with Crippen molar-refractivity contribution in [2.75, 3.05) is 50.4 Å². The molecule has 5 rings (SSSR count). The van der Waals surface area contributed by atoms with E-state index in [-0.39, 0.29) is 49.0 Å². The summed E-state index contributed by atoms with van der Waals surface area (Å²) in [5.74, 6) is -1.67. The number of aliphatic hydroxyl groups is 1. The summed E-state index contributed by atoms with van der Waals surface area (Å²) >= 11 is 3.53. The van der Waals surface area contributed by atoms with E-state index in [1.54, 1.807) is 34.5 Å². The number of benzene rings is 1. The first kappa shape index (κ1) is 38.3. The second-order valence-electron chi connectivity index (χ2n) is 13.4. The number of hydrogen-bond donors (Lipinski definition) is 3. The van der Waals surface area contributed by atoms with E-state index in [0.29, 0.717) is 59.0 Å². The molecule has 51 heavy (non-hydrogen) atoms. The molecule has 1 aliphatic heterocycles. The third-order valence-electron chi connectivity index (χ3n) is 8.60. The van der Waals surface area contributed by atoms with E-state index in [2.05, 4.69) is 56.7 Å². The highest BCUT2D eigenvalue weighted by Gasteiger charge is 2.33. The molecule has 3 N–H and O–H groups in total. The van der Waals surface area contributed by atoms with Gasteiger partial charge in [0.2, 0.25) is 0 Å². The van der Waals surface area contributed by atoms with Crippen molar-refractivity contribution in [1.82, 2.24) is 30.1 Å². The van der Waals surface area contributed by atoms with Crippen LogP contribution in [0.4, 0.5) is 0 Å². The molecule has 3 aromatic heterocycles. The van der Waals surface area contributed by atoms with Crippen molar-refractivity contribution in [2.45, 2.75) is 51.7 Å². The Bertz CT molecular complexity index is 1870. The molecular formula is C36H43IN6O7S. The maximum Gasteiger partial charge on any atom is 0.295 e. The topological polar surface area (TPSA) is 167 Å². The molecule has 1 aromatic carbocycles. The molecule has 15 heteroatoms. The predicted octanol–water partition coefficient (Wildman–Crippen LogP) is 4.74. The average Bonchev–Trinajstić information content (AvgIpc) is 3.79. The number of H-pyrrole nitrogens is 1. The zero-order valence-corrected chi connectivity index (χ0v) is 32.1. The predicted molar refractivity (Wildman–Crippen MR) is 203 cm³/mol. The molecule has 0 spiro atoms. The van der Waals surface area contributed by atoms with Gasteiger partial charge in [0.1, 0.15) is 27.7 Å². The monoisotopic (exact) mass is 830 g/mol. The van der Waals surface area contributed by atoms with Gasteiger partial charge in [0, 0.05) is 60.7 Å². The molecule has 0 bridgehead atoms. The van der Waals surface area contributed by atoms with Crippen molar-refractivity contribution in [3.63, 3.8) is 0 Å². The van der Waals surface area contributed by atoms with E-state index in [4.69, 9.17) is 14.6 Å². The molecule has 4 heterocycles. The number of ketones is 1. The number of alkyl halides is 1. The van der Waals surface area contributed by atoms with Crippen molar-refractivity contribution >= 4 is 68.3 Å². The number of amides is 3. The van der Waals surface area contributed by atoms with E-state index in [0.717, 1.165) is 10.8 Å². The number of carbonyl (C=O) groups is 4. The van der Waals surface area contributed by atoms with Gasteiger partial charge in [0.15, 0.2) is 0 Å². The molecule has 1 aliphatic rings. The number of nitrogens with one attached hydrogen (secondary N) is 2. The zero-order chi connectivity index (χ0) is 36.8. The van der Waals surface area contributed by atoms with Crippen LogP contribution in [0.25, 0.3) is 21.6 Å². The van der Waals surface area contributed by atoms with Crippen LogP contribution in [-0.4, -0.2) is 115 Å². The van der Waals surface area contributed by atoms with Gasteiger partial charge in [-0.25, -0.2) is 9.97 Å². The van der Waals surface area contributed by atoms with Gasteiger partial charge in [-0.3, -0.25) is 19.2 Å². The number of ether oxygens (including phenoxy) is 2. The lowest BCUT2D eigenvalue weighted by molar-refractivity contribution is -0.127. The summed E-state index contributed by atoms with van der Waals surface area (Å²) in [7, 11) is 0. The number of nitrogens with zero attached hydrogens (tertiary/aromatic N) is 4. The van der Waals surface area contributed by atoms with Crippen molar-refractivity contribution in [3.8, 4) is 16.5 Å². The molecule has 3 amide bonds. The number of carbonyl (C=O) groups excluding carboxylic acids is 4. The van der Waals surface area contributed by atoms with Crippen LogP contribution in [0, 0.1) is 0 Å². The fourth-order valence-electron chi connectivity index (χ4n) is 5.64. The van der Waals surface area contributed by atoms with Crippen molar-refractivity contribution in [2.24, 2.45) is 0 Å². The Labute approximate surface area is 314 Å². The Hall–Kier alpha value is -3.93. The Balaban J connectivity index is 1.41. The van der Waals surface area contributed by atoms with Crippen molar-refractivity contribution in [1.29, 1.82) is 0 Å². The van der Waals surface area contributed by atoms with Crippen LogP contribution in [0.2, 0.25) is 0 Å². The summed E-state index contributed by atoms with van der Waals surface area (Å²) in [6, 6.07) is 8.96. The lowest BCUT2D eigenvalue weighted by Crippen LogP contribution is -2.52. The van der Waals surface area contributed by atoms with Gasteiger partial charge >= 0.3 is 0 Å². The number of rotatable bonds is 15. The first-order valence-corrected chi connectivity index (χ1v) is 19.2. The summed E-state index contributed by atoms with van der Waals surface area (Å²) in [6.45, 7) is 9.31. The summed E-state index contributed by atoms with van der Waals surface area (Å²) in [6.07, 6.45) is 4.43. The second kappa shape index (κ2) is 16.6. The van der Waals surface area contributed by atoms with Crippen LogP contribution >= 0.6 is 33.9 Å². The van der Waals surface area contributed by atoms with Crippen molar-refractivity contribution in [3.05, 3.63) is 64.9 Å². The minimum Gasteiger partial charge on any atom is -0.485 e. The van der Waals surface area contributed by atoms with Gasteiger partial charge < -0.3 is 34.7 Å². The van der Waals surface area contributed by atoms with E-state index in [9.17, 15) is 19.2 Å². The summed E-state index contributed by atoms with van der Waals surface area (Å²) in [5.41, 5.74) is 0.631. The van der Waals surface area contributed by atoms with Crippen LogP contribution in [-0.2, 0) is 9.53 Å². The molecule has 0 radical (unpaired) electrons. The average molecular weight is 831 g/mol. The third-order valence-corrected chi connectivity index (χ3v) is 9.99. The molecular weight excluding hydrogens is 787 g/mol. The largest absolute Gasteiger partial charge is 0.485 e. The summed E-state index contributed by atoms with van der Waals surface area (Å²) in [4.78, 5) is 68.5. The number of fused-ring (bicyclic) bond motifs is 1. The highest BCUT2D eigenvalue weighted by molar-refractivity contribution is 14.1. The standard InChI is InChI=1S/C36H43IN6O7S/c1-35(2,10-12-37)49-19-11-36(3,4)50-26-21-40-29(32-41-25(22-51-32)31(46)38-13-18-44)28-27(26)24(20-39-28)30(45)34(48)43-16-14-42(15-17-43)33(47)23-8-6-5-7-9-23/h5-9,20-22,39,44H,10-19H2,1-4H3,(H,38,46). The number of pyridine rings is 1. The number of aliphatic hydroxyl groups excluding tert-OH is 1. The fraction of sp³-hybridized carbons (Fsp3) is 0.444. The van der Waals surface area contributed by atoms with Crippen LogP contribution in [0.5, 0.6) is 5.75 Å². The molecule has 13 nitrogen and oxygen atoms in total. The molecule has 0 atom stereocenters. The maximum absolute atomic E-state index is 14.0. The minimum absolute atomic E-state index is 0.0886. The normalized spacial score (nSPS) is 13.8. The quantitative estimate of drug-likeness (QED) is 0.0664. The van der Waals surface area contributed by atoms with Gasteiger partial charge in [0.25, 0.3) is 23.5 Å². The smallest absolute Gasteiger partial charge is 0.295 e. The highest BCUT2D eigenvalue weighted by Crippen LogP contribution is 2.38. The van der Waals surface area contributed by atoms with Gasteiger partial charge in [-0.15, -0.1) is 11.3 Å². The first-order valence-electron chi connectivity index (χ1n) is 16.8. The van der Waals surface area contributed by atoms with Gasteiger partial charge in [-0.1, -0.05) is 40.8 Å². The Morgan fingerprint density at radius 3 is 2.41 bits per heavy atom. The van der Waals surface area contributed by atoms with Gasteiger partial charge in [0.05, 0.1) is 41.5 Å². The number of Topliss-reactive ketones (excluding diaryl/α,β-unsaturated/α-hetero) is 1. The Morgan fingerprint density at radius 2 is 1.73 bits per heavy atom. The summed E-state index contributed by atoms with van der Waals surface area (Å²) < 4.78 is 13.7. The fourth-order valence-corrected chi connectivity index (χ4v) is 7.74. The molecule has 0 saturated carbocycles. The van der Waals surface area contributed by atoms with Crippen molar-refractivity contribution < 1.29 is 33.8 Å². The van der Waals surface area contributed by atoms with Gasteiger partial charge in [-0.05, 0) is 46.2 Å². The second-order valence-corrected chi connectivity index (χ2v) is 15.3. The van der Waals surface area contributed by atoms with E-state index in [1.165, 1.54) is 28.6 Å². The Kier molecular flexibility index (Phi) is 12.5. The van der Waals surface area contributed by atoms with Crippen LogP contribution < -0.4 is 10.1 Å².